The van der Waals surface area contributed by atoms with E-state index in [1.165, 1.54) is 11.1 Å². The third-order valence-electron chi connectivity index (χ3n) is 2.91. The van der Waals surface area contributed by atoms with Gasteiger partial charge in [-0.2, -0.15) is 12.6 Å². The maximum atomic E-state index is 5.56. The highest BCUT2D eigenvalue weighted by Crippen LogP contribution is 2.27. The van der Waals surface area contributed by atoms with E-state index in [1.54, 1.807) is 0 Å². The number of rotatable bonds is 6. The summed E-state index contributed by atoms with van der Waals surface area (Å²) >= 11 is 4.33. The van der Waals surface area contributed by atoms with Crippen LogP contribution in [0.3, 0.4) is 0 Å². The van der Waals surface area contributed by atoms with E-state index in [9.17, 15) is 0 Å². The molecule has 0 fully saturated rings. The zero-order valence-electron chi connectivity index (χ0n) is 11.2. The van der Waals surface area contributed by atoms with Crippen LogP contribution in [-0.2, 0) is 0 Å². The SMILES string of the molecule is CCOc1ccc(C(CCS)N(C)C)cc1C. The number of hydrogen-bond acceptors (Lipinski definition) is 3. The minimum absolute atomic E-state index is 0.432. The third-order valence-corrected chi connectivity index (χ3v) is 3.17. The van der Waals surface area contributed by atoms with Crippen molar-refractivity contribution in [2.45, 2.75) is 26.3 Å². The number of thiol groups is 1. The zero-order chi connectivity index (χ0) is 12.8. The first-order valence-electron chi connectivity index (χ1n) is 6.10. The topological polar surface area (TPSA) is 12.5 Å². The van der Waals surface area contributed by atoms with Crippen LogP contribution in [0.25, 0.3) is 0 Å². The van der Waals surface area contributed by atoms with Gasteiger partial charge < -0.3 is 9.64 Å². The molecule has 0 bridgehead atoms. The summed E-state index contributed by atoms with van der Waals surface area (Å²) in [5, 5.41) is 0. The summed E-state index contributed by atoms with van der Waals surface area (Å²) in [5.41, 5.74) is 2.54. The van der Waals surface area contributed by atoms with Crippen LogP contribution >= 0.6 is 12.6 Å². The molecule has 0 amide bonds. The van der Waals surface area contributed by atoms with Crippen LogP contribution in [0.15, 0.2) is 18.2 Å². The van der Waals surface area contributed by atoms with Crippen LogP contribution in [0.5, 0.6) is 5.75 Å². The molecule has 0 spiro atoms. The van der Waals surface area contributed by atoms with Gasteiger partial charge in [-0.05, 0) is 57.3 Å². The smallest absolute Gasteiger partial charge is 0.122 e. The molecule has 1 unspecified atom stereocenters. The Bertz CT molecular complexity index is 352. The minimum Gasteiger partial charge on any atom is -0.494 e. The van der Waals surface area contributed by atoms with Gasteiger partial charge in [0.15, 0.2) is 0 Å². The summed E-state index contributed by atoms with van der Waals surface area (Å²) in [7, 11) is 4.22. The molecule has 0 aromatic heterocycles. The highest BCUT2D eigenvalue weighted by molar-refractivity contribution is 7.80. The fraction of sp³-hybridized carbons (Fsp3) is 0.571. The molecule has 0 heterocycles. The van der Waals surface area contributed by atoms with Gasteiger partial charge in [0.05, 0.1) is 6.61 Å². The van der Waals surface area contributed by atoms with Crippen LogP contribution in [0.4, 0.5) is 0 Å². The largest absolute Gasteiger partial charge is 0.494 e. The summed E-state index contributed by atoms with van der Waals surface area (Å²) < 4.78 is 5.56. The third kappa shape index (κ3) is 3.93. The van der Waals surface area contributed by atoms with E-state index in [2.05, 4.69) is 56.7 Å². The van der Waals surface area contributed by atoms with Gasteiger partial charge >= 0.3 is 0 Å². The van der Waals surface area contributed by atoms with Crippen LogP contribution in [0.1, 0.15) is 30.5 Å². The Hall–Kier alpha value is -0.670. The van der Waals surface area contributed by atoms with E-state index >= 15 is 0 Å². The molecule has 0 saturated heterocycles. The number of aryl methyl sites for hydroxylation is 1. The van der Waals surface area contributed by atoms with Crippen LogP contribution in [-0.4, -0.2) is 31.4 Å². The molecule has 1 aromatic rings. The number of hydrogen-bond donors (Lipinski definition) is 1. The van der Waals surface area contributed by atoms with Crippen LogP contribution in [0.2, 0.25) is 0 Å². The lowest BCUT2D eigenvalue weighted by Crippen LogP contribution is -2.20. The van der Waals surface area contributed by atoms with Gasteiger partial charge in [0, 0.05) is 6.04 Å². The summed E-state index contributed by atoms with van der Waals surface area (Å²) in [6, 6.07) is 6.89. The van der Waals surface area contributed by atoms with E-state index in [0.29, 0.717) is 12.6 Å². The molecule has 0 N–H and O–H groups in total. The van der Waals surface area contributed by atoms with Crippen molar-refractivity contribution in [3.63, 3.8) is 0 Å². The fourth-order valence-corrected chi connectivity index (χ4v) is 2.29. The van der Waals surface area contributed by atoms with Crippen LogP contribution < -0.4 is 4.74 Å². The van der Waals surface area contributed by atoms with Gasteiger partial charge in [0.2, 0.25) is 0 Å². The Morgan fingerprint density at radius 2 is 2.06 bits per heavy atom. The molecule has 1 rings (SSSR count). The molecular weight excluding hydrogens is 230 g/mol. The molecule has 1 aromatic carbocycles. The molecular formula is C14H23NOS. The molecule has 0 aliphatic rings. The fourth-order valence-electron chi connectivity index (χ4n) is 2.04. The highest BCUT2D eigenvalue weighted by Gasteiger charge is 2.14. The molecule has 0 aliphatic heterocycles. The van der Waals surface area contributed by atoms with E-state index in [1.807, 2.05) is 6.92 Å². The molecule has 0 saturated carbocycles. The van der Waals surface area contributed by atoms with Crippen molar-refractivity contribution in [2.24, 2.45) is 0 Å². The average Bonchev–Trinajstić information content (AvgIpc) is 2.28. The maximum absolute atomic E-state index is 5.56. The second-order valence-electron chi connectivity index (χ2n) is 4.45. The Morgan fingerprint density at radius 3 is 2.53 bits per heavy atom. The number of benzene rings is 1. The quantitative estimate of drug-likeness (QED) is 0.781. The van der Waals surface area contributed by atoms with E-state index in [-0.39, 0.29) is 0 Å². The van der Waals surface area contributed by atoms with Gasteiger partial charge in [-0.15, -0.1) is 0 Å². The van der Waals surface area contributed by atoms with Gasteiger partial charge in [0.1, 0.15) is 5.75 Å². The lowest BCUT2D eigenvalue weighted by molar-refractivity contribution is 0.292. The first-order chi connectivity index (χ1) is 8.10. The van der Waals surface area contributed by atoms with E-state index in [0.717, 1.165) is 17.9 Å². The standard InChI is InChI=1S/C14H23NOS/c1-5-16-14-7-6-12(10-11(14)2)13(8-9-17)15(3)4/h6-7,10,13,17H,5,8-9H2,1-4H3. The minimum atomic E-state index is 0.432. The van der Waals surface area contributed by atoms with Crippen molar-refractivity contribution in [1.82, 2.24) is 4.90 Å². The molecule has 3 heteroatoms. The van der Waals surface area contributed by atoms with Gasteiger partial charge in [-0.3, -0.25) is 0 Å². The Kier molecular flexibility index (Phi) is 5.86. The normalized spacial score (nSPS) is 12.8. The first kappa shape index (κ1) is 14.4. The molecule has 1 atom stereocenters. The second kappa shape index (κ2) is 6.92. The van der Waals surface area contributed by atoms with Gasteiger partial charge in [-0.1, -0.05) is 12.1 Å². The Labute approximate surface area is 110 Å². The van der Waals surface area contributed by atoms with Crippen molar-refractivity contribution in [2.75, 3.05) is 26.5 Å². The summed E-state index contributed by atoms with van der Waals surface area (Å²) in [6.07, 6.45) is 1.06. The highest BCUT2D eigenvalue weighted by atomic mass is 32.1. The second-order valence-corrected chi connectivity index (χ2v) is 4.90. The lowest BCUT2D eigenvalue weighted by Gasteiger charge is -2.25. The Balaban J connectivity index is 2.93. The summed E-state index contributed by atoms with van der Waals surface area (Å²) in [4.78, 5) is 2.24. The zero-order valence-corrected chi connectivity index (χ0v) is 12.1. The van der Waals surface area contributed by atoms with E-state index < -0.39 is 0 Å². The molecule has 96 valence electrons. The number of ether oxygens (including phenoxy) is 1. The van der Waals surface area contributed by atoms with Crippen molar-refractivity contribution in [3.8, 4) is 5.75 Å². The van der Waals surface area contributed by atoms with Crippen molar-refractivity contribution in [3.05, 3.63) is 29.3 Å². The molecule has 0 radical (unpaired) electrons. The summed E-state index contributed by atoms with van der Waals surface area (Å²) in [6.45, 7) is 4.83. The van der Waals surface area contributed by atoms with Crippen molar-refractivity contribution in [1.29, 1.82) is 0 Å². The molecule has 2 nitrogen and oxygen atoms in total. The summed E-state index contributed by atoms with van der Waals surface area (Å²) in [5.74, 6) is 1.88. The average molecular weight is 253 g/mol. The maximum Gasteiger partial charge on any atom is 0.122 e. The monoisotopic (exact) mass is 253 g/mol. The molecule has 0 aliphatic carbocycles. The Morgan fingerprint density at radius 1 is 1.35 bits per heavy atom. The van der Waals surface area contributed by atoms with E-state index in [4.69, 9.17) is 4.74 Å². The predicted octanol–water partition coefficient (Wildman–Crippen LogP) is 3.32. The van der Waals surface area contributed by atoms with Crippen molar-refractivity contribution < 1.29 is 4.74 Å². The number of nitrogens with zero attached hydrogens (tertiary/aromatic N) is 1. The van der Waals surface area contributed by atoms with Gasteiger partial charge in [0.25, 0.3) is 0 Å². The van der Waals surface area contributed by atoms with Crippen LogP contribution in [0, 0.1) is 6.92 Å². The molecule has 17 heavy (non-hydrogen) atoms. The van der Waals surface area contributed by atoms with Gasteiger partial charge in [-0.25, -0.2) is 0 Å². The van der Waals surface area contributed by atoms with Crippen molar-refractivity contribution >= 4 is 12.6 Å². The lowest BCUT2D eigenvalue weighted by atomic mass is 10.0. The first-order valence-corrected chi connectivity index (χ1v) is 6.74. The predicted molar refractivity (Wildman–Crippen MR) is 77.2 cm³/mol.